The Morgan fingerprint density at radius 3 is 3.00 bits per heavy atom. The Bertz CT molecular complexity index is 439. The average Bonchev–Trinajstić information content (AvgIpc) is 2.76. The highest BCUT2D eigenvalue weighted by Crippen LogP contribution is 2.18. The molecule has 0 saturated heterocycles. The third kappa shape index (κ3) is 3.43. The van der Waals surface area contributed by atoms with Gasteiger partial charge in [0.1, 0.15) is 0 Å². The molecule has 1 aromatic heterocycles. The second-order valence-corrected chi connectivity index (χ2v) is 4.75. The Hall–Kier alpha value is -1.62. The molecule has 2 N–H and O–H groups in total. The Labute approximate surface area is 106 Å². The SMILES string of the molecule is Cn1cc(/C=C/C(=O)N[C@@H]2CCCC[C@H]2O)cn1. The predicted octanol–water partition coefficient (Wildman–Crippen LogP) is 0.853. The summed E-state index contributed by atoms with van der Waals surface area (Å²) in [6.07, 6.45) is 10.1. The maximum absolute atomic E-state index is 11.7. The molecule has 0 spiro atoms. The summed E-state index contributed by atoms with van der Waals surface area (Å²) in [5, 5.41) is 16.6. The number of amides is 1. The fourth-order valence-corrected chi connectivity index (χ4v) is 2.21. The first-order chi connectivity index (χ1) is 8.65. The molecule has 98 valence electrons. The number of rotatable bonds is 3. The molecule has 1 aliphatic carbocycles. The van der Waals surface area contributed by atoms with Gasteiger partial charge in [0.15, 0.2) is 0 Å². The highest BCUT2D eigenvalue weighted by atomic mass is 16.3. The lowest BCUT2D eigenvalue weighted by Crippen LogP contribution is -2.44. The second-order valence-electron chi connectivity index (χ2n) is 4.75. The molecule has 0 aromatic carbocycles. The molecule has 0 radical (unpaired) electrons. The molecular formula is C13H19N3O2. The van der Waals surface area contributed by atoms with E-state index in [2.05, 4.69) is 10.4 Å². The third-order valence-corrected chi connectivity index (χ3v) is 3.21. The smallest absolute Gasteiger partial charge is 0.244 e. The van der Waals surface area contributed by atoms with E-state index in [4.69, 9.17) is 0 Å². The summed E-state index contributed by atoms with van der Waals surface area (Å²) in [5.74, 6) is -0.162. The molecule has 5 heteroatoms. The number of hydrogen-bond donors (Lipinski definition) is 2. The van der Waals surface area contributed by atoms with Crippen LogP contribution in [-0.2, 0) is 11.8 Å². The number of aromatic nitrogens is 2. The lowest BCUT2D eigenvalue weighted by Gasteiger charge is -2.27. The molecule has 18 heavy (non-hydrogen) atoms. The number of nitrogens with one attached hydrogen (secondary N) is 1. The van der Waals surface area contributed by atoms with Crippen molar-refractivity contribution >= 4 is 12.0 Å². The molecule has 1 aromatic rings. The number of aryl methyl sites for hydroxylation is 1. The topological polar surface area (TPSA) is 67.2 Å². The summed E-state index contributed by atoms with van der Waals surface area (Å²) in [7, 11) is 1.83. The highest BCUT2D eigenvalue weighted by Gasteiger charge is 2.23. The van der Waals surface area contributed by atoms with E-state index < -0.39 is 6.10 Å². The van der Waals surface area contributed by atoms with Crippen LogP contribution in [0.1, 0.15) is 31.2 Å². The van der Waals surface area contributed by atoms with E-state index in [0.717, 1.165) is 31.2 Å². The second kappa shape index (κ2) is 5.82. The largest absolute Gasteiger partial charge is 0.391 e. The molecule has 2 atom stereocenters. The molecule has 1 fully saturated rings. The van der Waals surface area contributed by atoms with Crippen molar-refractivity contribution in [1.29, 1.82) is 0 Å². The molecule has 1 saturated carbocycles. The van der Waals surface area contributed by atoms with E-state index in [0.29, 0.717) is 0 Å². The van der Waals surface area contributed by atoms with Crippen molar-refractivity contribution in [1.82, 2.24) is 15.1 Å². The fraction of sp³-hybridized carbons (Fsp3) is 0.538. The van der Waals surface area contributed by atoms with Crippen LogP contribution < -0.4 is 5.32 Å². The zero-order valence-electron chi connectivity index (χ0n) is 10.5. The van der Waals surface area contributed by atoms with E-state index in [1.54, 1.807) is 17.0 Å². The first-order valence-electron chi connectivity index (χ1n) is 6.30. The maximum Gasteiger partial charge on any atom is 0.244 e. The first kappa shape index (κ1) is 12.8. The van der Waals surface area contributed by atoms with Crippen molar-refractivity contribution in [2.24, 2.45) is 7.05 Å². The monoisotopic (exact) mass is 249 g/mol. The number of carbonyl (C=O) groups is 1. The number of carbonyl (C=O) groups excluding carboxylic acids is 1. The van der Waals surface area contributed by atoms with E-state index in [-0.39, 0.29) is 11.9 Å². The number of aliphatic hydroxyl groups is 1. The van der Waals surface area contributed by atoms with Gasteiger partial charge in [-0.2, -0.15) is 5.10 Å². The number of hydrogen-bond acceptors (Lipinski definition) is 3. The van der Waals surface area contributed by atoms with Crippen LogP contribution in [0.5, 0.6) is 0 Å². The summed E-state index contributed by atoms with van der Waals surface area (Å²) in [6, 6.07) is -0.107. The van der Waals surface area contributed by atoms with Gasteiger partial charge in [-0.3, -0.25) is 9.48 Å². The Kier molecular flexibility index (Phi) is 4.15. The van der Waals surface area contributed by atoms with Crippen molar-refractivity contribution < 1.29 is 9.90 Å². The fourth-order valence-electron chi connectivity index (χ4n) is 2.21. The maximum atomic E-state index is 11.7. The van der Waals surface area contributed by atoms with Gasteiger partial charge in [-0.05, 0) is 18.9 Å². The summed E-state index contributed by atoms with van der Waals surface area (Å²) >= 11 is 0. The van der Waals surface area contributed by atoms with Crippen LogP contribution in [0, 0.1) is 0 Å². The molecule has 0 unspecified atom stereocenters. The minimum atomic E-state index is -0.408. The van der Waals surface area contributed by atoms with Crippen molar-refractivity contribution in [3.05, 3.63) is 24.0 Å². The standard InChI is InChI=1S/C13H19N3O2/c1-16-9-10(8-14-16)6-7-13(18)15-11-4-2-3-5-12(11)17/h6-9,11-12,17H,2-5H2,1H3,(H,15,18)/b7-6+/t11-,12-/m1/s1. The third-order valence-electron chi connectivity index (χ3n) is 3.21. The molecular weight excluding hydrogens is 230 g/mol. The van der Waals surface area contributed by atoms with Crippen LogP contribution >= 0.6 is 0 Å². The number of nitrogens with zero attached hydrogens (tertiary/aromatic N) is 2. The van der Waals surface area contributed by atoms with Gasteiger partial charge >= 0.3 is 0 Å². The summed E-state index contributed by atoms with van der Waals surface area (Å²) in [4.78, 5) is 11.7. The first-order valence-corrected chi connectivity index (χ1v) is 6.30. The van der Waals surface area contributed by atoms with Crippen LogP contribution in [-0.4, -0.2) is 32.9 Å². The lowest BCUT2D eigenvalue weighted by molar-refractivity contribution is -0.118. The molecule has 1 aliphatic rings. The molecule has 0 bridgehead atoms. The summed E-state index contributed by atoms with van der Waals surface area (Å²) < 4.78 is 1.68. The summed E-state index contributed by atoms with van der Waals surface area (Å²) in [6.45, 7) is 0. The minimum absolute atomic E-state index is 0.107. The number of aliphatic hydroxyl groups excluding tert-OH is 1. The van der Waals surface area contributed by atoms with E-state index in [1.807, 2.05) is 13.2 Å². The molecule has 5 nitrogen and oxygen atoms in total. The van der Waals surface area contributed by atoms with Gasteiger partial charge in [0.05, 0.1) is 18.3 Å². The van der Waals surface area contributed by atoms with E-state index in [1.165, 1.54) is 6.08 Å². The van der Waals surface area contributed by atoms with Gasteiger partial charge in [0, 0.05) is 24.9 Å². The van der Waals surface area contributed by atoms with Gasteiger partial charge in [-0.25, -0.2) is 0 Å². The van der Waals surface area contributed by atoms with Crippen LogP contribution in [0.15, 0.2) is 18.5 Å². The van der Waals surface area contributed by atoms with Crippen molar-refractivity contribution in [2.45, 2.75) is 37.8 Å². The van der Waals surface area contributed by atoms with Crippen LogP contribution in [0.4, 0.5) is 0 Å². The Balaban J connectivity index is 1.86. The Morgan fingerprint density at radius 1 is 1.56 bits per heavy atom. The Morgan fingerprint density at radius 2 is 2.33 bits per heavy atom. The van der Waals surface area contributed by atoms with Gasteiger partial charge in [0.25, 0.3) is 0 Å². The van der Waals surface area contributed by atoms with E-state index in [9.17, 15) is 9.90 Å². The van der Waals surface area contributed by atoms with Crippen molar-refractivity contribution in [3.63, 3.8) is 0 Å². The normalized spacial score (nSPS) is 24.3. The van der Waals surface area contributed by atoms with Crippen molar-refractivity contribution in [2.75, 3.05) is 0 Å². The molecule has 1 amide bonds. The summed E-state index contributed by atoms with van der Waals surface area (Å²) in [5.41, 5.74) is 0.886. The van der Waals surface area contributed by atoms with Crippen LogP contribution in [0.2, 0.25) is 0 Å². The van der Waals surface area contributed by atoms with E-state index >= 15 is 0 Å². The minimum Gasteiger partial charge on any atom is -0.391 e. The van der Waals surface area contributed by atoms with Gasteiger partial charge in [-0.1, -0.05) is 12.8 Å². The molecule has 1 heterocycles. The predicted molar refractivity (Wildman–Crippen MR) is 68.6 cm³/mol. The zero-order valence-corrected chi connectivity index (χ0v) is 10.5. The molecule has 2 rings (SSSR count). The lowest BCUT2D eigenvalue weighted by atomic mass is 9.92. The van der Waals surface area contributed by atoms with Crippen LogP contribution in [0.3, 0.4) is 0 Å². The molecule has 0 aliphatic heterocycles. The highest BCUT2D eigenvalue weighted by molar-refractivity contribution is 5.91. The van der Waals surface area contributed by atoms with Gasteiger partial charge in [-0.15, -0.1) is 0 Å². The van der Waals surface area contributed by atoms with Crippen molar-refractivity contribution in [3.8, 4) is 0 Å². The van der Waals surface area contributed by atoms with Crippen LogP contribution in [0.25, 0.3) is 6.08 Å². The quantitative estimate of drug-likeness (QED) is 0.781. The van der Waals surface area contributed by atoms with Gasteiger partial charge < -0.3 is 10.4 Å². The van der Waals surface area contributed by atoms with Gasteiger partial charge in [0.2, 0.25) is 5.91 Å². The average molecular weight is 249 g/mol. The zero-order chi connectivity index (χ0) is 13.0.